The van der Waals surface area contributed by atoms with E-state index in [1.807, 2.05) is 24.3 Å². The Labute approximate surface area is 217 Å². The summed E-state index contributed by atoms with van der Waals surface area (Å²) in [6, 6.07) is 18.0. The minimum absolute atomic E-state index is 0.00545. The van der Waals surface area contributed by atoms with Gasteiger partial charge in [-0.3, -0.25) is 4.79 Å². The number of Topliss-reactive ketones (excluding diaryl/α,β-unsaturated/α-hetero) is 1. The van der Waals surface area contributed by atoms with Gasteiger partial charge in [-0.1, -0.05) is 47.5 Å². The van der Waals surface area contributed by atoms with Crippen LogP contribution in [0.25, 0.3) is 0 Å². The van der Waals surface area contributed by atoms with E-state index in [1.165, 1.54) is 0 Å². The Morgan fingerprint density at radius 1 is 0.618 bits per heavy atom. The predicted octanol–water partition coefficient (Wildman–Crippen LogP) is 6.80. The fourth-order valence-corrected chi connectivity index (χ4v) is 4.36. The van der Waals surface area contributed by atoms with Crippen molar-refractivity contribution in [1.29, 1.82) is 0 Å². The number of carbonyl (C=O) groups is 1. The molecule has 0 fully saturated rings. The molecule has 0 aliphatic heterocycles. The molecule has 34 heavy (non-hydrogen) atoms. The van der Waals surface area contributed by atoms with Gasteiger partial charge < -0.3 is 0 Å². The number of carbonyl (C=O) groups excluding carboxylic acids is 1. The van der Waals surface area contributed by atoms with Crippen molar-refractivity contribution in [2.45, 2.75) is 24.7 Å². The maximum absolute atomic E-state index is 14.2. The maximum Gasteiger partial charge on any atom is 0.222 e. The molecule has 0 saturated heterocycles. The monoisotopic (exact) mass is 530 g/mol. The Balaban J connectivity index is 1.76. The minimum Gasteiger partial charge on any atom is -0.298 e. The van der Waals surface area contributed by atoms with E-state index in [1.54, 1.807) is 48.8 Å². The summed E-state index contributed by atoms with van der Waals surface area (Å²) in [7, 11) is 0. The molecule has 2 aromatic heterocycles. The van der Waals surface area contributed by atoms with Gasteiger partial charge in [-0.05, 0) is 70.7 Å². The zero-order valence-electron chi connectivity index (χ0n) is 17.7. The first-order valence-corrected chi connectivity index (χ1v) is 11.9. The molecule has 2 heterocycles. The molecule has 0 bridgehead atoms. The molecule has 0 amide bonds. The van der Waals surface area contributed by atoms with Crippen LogP contribution in [0.3, 0.4) is 0 Å². The van der Waals surface area contributed by atoms with E-state index in [0.717, 1.165) is 11.1 Å². The maximum atomic E-state index is 14.2. The lowest BCUT2D eigenvalue weighted by atomic mass is 9.79. The first kappa shape index (κ1) is 24.6. The van der Waals surface area contributed by atoms with Crippen molar-refractivity contribution >= 4 is 52.2 Å². The Morgan fingerprint density at radius 3 is 1.35 bits per heavy atom. The first-order chi connectivity index (χ1) is 16.4. The quantitative estimate of drug-likeness (QED) is 0.234. The van der Waals surface area contributed by atoms with Gasteiger partial charge in [0, 0.05) is 58.5 Å². The number of nitrogens with zero attached hydrogens (tertiary/aromatic N) is 4. The van der Waals surface area contributed by atoms with Crippen molar-refractivity contribution in [1.82, 2.24) is 19.9 Å². The van der Waals surface area contributed by atoms with Crippen LogP contribution >= 0.6 is 46.4 Å². The zero-order valence-corrected chi connectivity index (χ0v) is 20.7. The Bertz CT molecular complexity index is 1180. The highest BCUT2D eigenvalue weighted by Gasteiger charge is 2.31. The van der Waals surface area contributed by atoms with Crippen LogP contribution in [0, 0.1) is 0 Å². The molecule has 0 spiro atoms. The van der Waals surface area contributed by atoms with Crippen molar-refractivity contribution in [2.75, 3.05) is 0 Å². The van der Waals surface area contributed by atoms with Crippen LogP contribution in [0.15, 0.2) is 73.1 Å². The van der Waals surface area contributed by atoms with Gasteiger partial charge in [-0.2, -0.15) is 0 Å². The predicted molar refractivity (Wildman–Crippen MR) is 135 cm³/mol. The van der Waals surface area contributed by atoms with Crippen molar-refractivity contribution in [2.24, 2.45) is 0 Å². The summed E-state index contributed by atoms with van der Waals surface area (Å²) in [5.41, 5.74) is 2.97. The SMILES string of the molecule is O=C(C(Cc1ccnc(Cl)n1)c1ccc(Cl)cc1)C(Cc1ccnc(Cl)n1)c1ccc(Cl)cc1. The van der Waals surface area contributed by atoms with E-state index in [-0.39, 0.29) is 16.4 Å². The standard InChI is InChI=1S/C25H18Cl4N4O/c26-17-5-1-15(2-6-17)21(13-19-9-11-30-24(28)32-19)23(34)22(16-3-7-18(27)8-4-16)14-20-10-12-31-25(29)33-20/h1-12,21-22H,13-14H2. The van der Waals surface area contributed by atoms with Crippen LogP contribution in [0.4, 0.5) is 0 Å². The molecule has 5 nitrogen and oxygen atoms in total. The molecule has 0 N–H and O–H groups in total. The first-order valence-electron chi connectivity index (χ1n) is 10.4. The third-order valence-electron chi connectivity index (χ3n) is 5.43. The number of halogens is 4. The lowest BCUT2D eigenvalue weighted by molar-refractivity contribution is -0.122. The second-order valence-electron chi connectivity index (χ2n) is 7.65. The van der Waals surface area contributed by atoms with Gasteiger partial charge in [0.2, 0.25) is 10.6 Å². The van der Waals surface area contributed by atoms with Crippen LogP contribution in [-0.4, -0.2) is 25.7 Å². The number of ketones is 1. The van der Waals surface area contributed by atoms with E-state index >= 15 is 0 Å². The van der Waals surface area contributed by atoms with Crippen LogP contribution in [0.1, 0.15) is 34.4 Å². The average Bonchev–Trinajstić information content (AvgIpc) is 2.82. The lowest BCUT2D eigenvalue weighted by Crippen LogP contribution is -2.25. The molecule has 2 aromatic carbocycles. The highest BCUT2D eigenvalue weighted by atomic mass is 35.5. The third-order valence-corrected chi connectivity index (χ3v) is 6.29. The molecule has 0 saturated carbocycles. The highest BCUT2D eigenvalue weighted by Crippen LogP contribution is 2.33. The van der Waals surface area contributed by atoms with Gasteiger partial charge in [-0.15, -0.1) is 0 Å². The Morgan fingerprint density at radius 2 is 1.00 bits per heavy atom. The lowest BCUT2D eigenvalue weighted by Gasteiger charge is -2.23. The van der Waals surface area contributed by atoms with Gasteiger partial charge in [0.1, 0.15) is 5.78 Å². The number of hydrogen-bond acceptors (Lipinski definition) is 5. The van der Waals surface area contributed by atoms with Crippen LogP contribution < -0.4 is 0 Å². The minimum atomic E-state index is -0.513. The zero-order chi connectivity index (χ0) is 24.1. The molecule has 0 aliphatic carbocycles. The number of benzene rings is 2. The Kier molecular flexibility index (Phi) is 8.11. The topological polar surface area (TPSA) is 68.6 Å². The van der Waals surface area contributed by atoms with Gasteiger partial charge in [0.25, 0.3) is 0 Å². The normalized spacial score (nSPS) is 12.8. The second kappa shape index (κ2) is 11.2. The summed E-state index contributed by atoms with van der Waals surface area (Å²) < 4.78 is 0. The molecule has 2 unspecified atom stereocenters. The third kappa shape index (κ3) is 6.30. The number of rotatable bonds is 8. The van der Waals surface area contributed by atoms with Gasteiger partial charge >= 0.3 is 0 Å². The highest BCUT2D eigenvalue weighted by molar-refractivity contribution is 6.31. The average molecular weight is 532 g/mol. The van der Waals surface area contributed by atoms with Crippen LogP contribution in [0.5, 0.6) is 0 Å². The number of aromatic nitrogens is 4. The molecule has 172 valence electrons. The van der Waals surface area contributed by atoms with Gasteiger partial charge in [0.05, 0.1) is 0 Å². The summed E-state index contributed by atoms with van der Waals surface area (Å²) in [6.45, 7) is 0. The summed E-state index contributed by atoms with van der Waals surface area (Å²) in [5, 5.41) is 1.43. The molecular weight excluding hydrogens is 514 g/mol. The van der Waals surface area contributed by atoms with E-state index in [9.17, 15) is 4.79 Å². The van der Waals surface area contributed by atoms with Crippen LogP contribution in [0.2, 0.25) is 20.6 Å². The van der Waals surface area contributed by atoms with Gasteiger partial charge in [-0.25, -0.2) is 19.9 Å². The fourth-order valence-electron chi connectivity index (χ4n) is 3.78. The fraction of sp³-hybridized carbons (Fsp3) is 0.160. The van der Waals surface area contributed by atoms with Crippen molar-refractivity contribution < 1.29 is 4.79 Å². The van der Waals surface area contributed by atoms with Gasteiger partial charge in [0.15, 0.2) is 0 Å². The molecule has 4 aromatic rings. The van der Waals surface area contributed by atoms with E-state index < -0.39 is 11.8 Å². The molecule has 9 heteroatoms. The van der Waals surface area contributed by atoms with Crippen LogP contribution in [-0.2, 0) is 17.6 Å². The van der Waals surface area contributed by atoms with E-state index in [2.05, 4.69) is 19.9 Å². The Hall–Kier alpha value is -2.57. The largest absolute Gasteiger partial charge is 0.298 e. The van der Waals surface area contributed by atoms with Crippen molar-refractivity contribution in [3.63, 3.8) is 0 Å². The molecular formula is C25H18Cl4N4O. The second-order valence-corrected chi connectivity index (χ2v) is 9.20. The molecule has 0 radical (unpaired) electrons. The summed E-state index contributed by atoms with van der Waals surface area (Å²) in [4.78, 5) is 30.7. The summed E-state index contributed by atoms with van der Waals surface area (Å²) >= 11 is 24.2. The number of hydrogen-bond donors (Lipinski definition) is 0. The molecule has 2 atom stereocenters. The summed E-state index contributed by atoms with van der Waals surface area (Å²) in [5.74, 6) is -1.03. The van der Waals surface area contributed by atoms with Crippen molar-refractivity contribution in [3.05, 3.63) is 116 Å². The molecule has 0 aliphatic rings. The van der Waals surface area contributed by atoms with E-state index in [4.69, 9.17) is 46.4 Å². The molecule has 4 rings (SSSR count). The smallest absolute Gasteiger partial charge is 0.222 e. The van der Waals surface area contributed by atoms with E-state index in [0.29, 0.717) is 34.3 Å². The summed E-state index contributed by atoms with van der Waals surface area (Å²) in [6.07, 6.45) is 3.84. The van der Waals surface area contributed by atoms with Crippen molar-refractivity contribution in [3.8, 4) is 0 Å².